The maximum Gasteiger partial charge on any atom is 0.315 e. The summed E-state index contributed by atoms with van der Waals surface area (Å²) in [7, 11) is 0. The second kappa shape index (κ2) is 9.27. The van der Waals surface area contributed by atoms with Crippen LogP contribution in [0.2, 0.25) is 0 Å². The monoisotopic (exact) mass is 334 g/mol. The van der Waals surface area contributed by atoms with Crippen LogP contribution in [-0.4, -0.2) is 40.9 Å². The van der Waals surface area contributed by atoms with E-state index in [1.165, 1.54) is 0 Å². The molecule has 4 N–H and O–H groups in total. The van der Waals surface area contributed by atoms with Crippen molar-refractivity contribution < 1.29 is 19.8 Å². The molecule has 132 valence electrons. The number of nitrogens with one attached hydrogen (secondary N) is 2. The molecule has 6 nitrogen and oxygen atoms in total. The van der Waals surface area contributed by atoms with Crippen LogP contribution in [0.25, 0.3) is 0 Å². The summed E-state index contributed by atoms with van der Waals surface area (Å²) >= 11 is 0. The molecule has 0 aromatic heterocycles. The van der Waals surface area contributed by atoms with Gasteiger partial charge in [-0.25, -0.2) is 4.79 Å². The number of rotatable bonds is 8. The van der Waals surface area contributed by atoms with Crippen LogP contribution in [0.3, 0.4) is 0 Å². The second-order valence-corrected chi connectivity index (χ2v) is 6.42. The highest BCUT2D eigenvalue weighted by Gasteiger charge is 2.28. The van der Waals surface area contributed by atoms with Gasteiger partial charge in [-0.3, -0.25) is 4.79 Å². The van der Waals surface area contributed by atoms with Gasteiger partial charge in [-0.05, 0) is 31.2 Å². The Kier molecular flexibility index (Phi) is 7.06. The first kappa shape index (κ1) is 18.3. The van der Waals surface area contributed by atoms with Crippen molar-refractivity contribution >= 4 is 12.0 Å². The molecular weight excluding hydrogens is 308 g/mol. The van der Waals surface area contributed by atoms with Crippen molar-refractivity contribution in [2.75, 3.05) is 6.61 Å². The fourth-order valence-corrected chi connectivity index (χ4v) is 3.26. The highest BCUT2D eigenvalue weighted by molar-refractivity contribution is 5.75. The van der Waals surface area contributed by atoms with Crippen LogP contribution in [0.4, 0.5) is 4.79 Å². The van der Waals surface area contributed by atoms with Crippen molar-refractivity contribution in [3.05, 3.63) is 35.9 Å². The summed E-state index contributed by atoms with van der Waals surface area (Å²) in [5.41, 5.74) is 1.06. The number of hydrogen-bond donors (Lipinski definition) is 4. The Labute approximate surface area is 142 Å². The molecule has 1 aliphatic rings. The highest BCUT2D eigenvalue weighted by atomic mass is 16.4. The number of carboxylic acids is 1. The van der Waals surface area contributed by atoms with Crippen molar-refractivity contribution in [2.24, 2.45) is 5.92 Å². The van der Waals surface area contributed by atoms with Gasteiger partial charge in [0, 0.05) is 31.0 Å². The van der Waals surface area contributed by atoms with E-state index in [0.29, 0.717) is 12.8 Å². The maximum atomic E-state index is 12.3. The Balaban J connectivity index is 1.90. The summed E-state index contributed by atoms with van der Waals surface area (Å²) in [6.45, 7) is 0.0808. The second-order valence-electron chi connectivity index (χ2n) is 6.42. The van der Waals surface area contributed by atoms with E-state index in [2.05, 4.69) is 10.6 Å². The van der Waals surface area contributed by atoms with Crippen molar-refractivity contribution in [3.63, 3.8) is 0 Å². The Bertz CT molecular complexity index is 535. The Morgan fingerprint density at radius 1 is 1.21 bits per heavy atom. The molecule has 1 saturated carbocycles. The molecule has 1 fully saturated rings. The molecule has 1 aliphatic carbocycles. The molecule has 0 radical (unpaired) electrons. The summed E-state index contributed by atoms with van der Waals surface area (Å²) in [6, 6.07) is 9.17. The third kappa shape index (κ3) is 5.85. The van der Waals surface area contributed by atoms with Gasteiger partial charge in [-0.2, -0.15) is 0 Å². The van der Waals surface area contributed by atoms with Gasteiger partial charge < -0.3 is 20.8 Å². The first-order chi connectivity index (χ1) is 11.6. The lowest BCUT2D eigenvalue weighted by atomic mass is 10.0. The van der Waals surface area contributed by atoms with Gasteiger partial charge in [0.25, 0.3) is 0 Å². The van der Waals surface area contributed by atoms with Crippen LogP contribution in [-0.2, 0) is 11.2 Å². The van der Waals surface area contributed by atoms with Crippen LogP contribution in [0.1, 0.15) is 37.7 Å². The van der Waals surface area contributed by atoms with Crippen molar-refractivity contribution in [3.8, 4) is 0 Å². The number of carbonyl (C=O) groups is 2. The van der Waals surface area contributed by atoms with E-state index in [0.717, 1.165) is 24.8 Å². The third-order valence-corrected chi connectivity index (χ3v) is 4.58. The molecule has 0 bridgehead atoms. The number of carboxylic acid groups (broad SMARTS) is 1. The first-order valence-electron chi connectivity index (χ1n) is 8.52. The zero-order valence-electron chi connectivity index (χ0n) is 13.8. The maximum absolute atomic E-state index is 12.3. The van der Waals surface area contributed by atoms with Gasteiger partial charge in [0.1, 0.15) is 0 Å². The SMILES string of the molecule is O=C(O)CCC(Cc1ccccc1)NC(=O)N[C@H]1CCC[C@H]1CO. The number of urea groups is 1. The Morgan fingerprint density at radius 2 is 1.96 bits per heavy atom. The lowest BCUT2D eigenvalue weighted by molar-refractivity contribution is -0.137. The molecule has 24 heavy (non-hydrogen) atoms. The minimum absolute atomic E-state index is 0.00755. The van der Waals surface area contributed by atoms with E-state index in [1.807, 2.05) is 30.3 Å². The van der Waals surface area contributed by atoms with Crippen LogP contribution >= 0.6 is 0 Å². The van der Waals surface area contributed by atoms with E-state index < -0.39 is 5.97 Å². The number of benzene rings is 1. The average Bonchev–Trinajstić information content (AvgIpc) is 3.00. The summed E-state index contributed by atoms with van der Waals surface area (Å²) in [5, 5.41) is 24.1. The molecule has 2 amide bonds. The molecule has 0 saturated heterocycles. The highest BCUT2D eigenvalue weighted by Crippen LogP contribution is 2.24. The fourth-order valence-electron chi connectivity index (χ4n) is 3.26. The lowest BCUT2D eigenvalue weighted by Gasteiger charge is -2.23. The molecule has 6 heteroatoms. The Hall–Kier alpha value is -2.08. The number of amides is 2. The van der Waals surface area contributed by atoms with Crippen molar-refractivity contribution in [1.29, 1.82) is 0 Å². The van der Waals surface area contributed by atoms with Crippen molar-refractivity contribution in [1.82, 2.24) is 10.6 Å². The molecule has 3 atom stereocenters. The molecule has 1 unspecified atom stereocenters. The molecule has 0 spiro atoms. The first-order valence-corrected chi connectivity index (χ1v) is 8.52. The van der Waals surface area contributed by atoms with E-state index in [4.69, 9.17) is 5.11 Å². The number of aliphatic carboxylic acids is 1. The molecule has 1 aromatic carbocycles. The van der Waals surface area contributed by atoms with Crippen LogP contribution in [0, 0.1) is 5.92 Å². The van der Waals surface area contributed by atoms with Crippen LogP contribution in [0.15, 0.2) is 30.3 Å². The minimum atomic E-state index is -0.869. The van der Waals surface area contributed by atoms with Gasteiger partial charge in [0.05, 0.1) is 0 Å². The molecule has 0 heterocycles. The standard InChI is InChI=1S/C18H26N2O4/c21-12-14-7-4-8-16(14)20-18(24)19-15(9-10-17(22)23)11-13-5-2-1-3-6-13/h1-3,5-6,14-16,21H,4,7-12H2,(H,22,23)(H2,19,20,24)/t14-,15?,16-/m0/s1. The molecule has 1 aromatic rings. The zero-order chi connectivity index (χ0) is 17.4. The number of aliphatic hydroxyl groups is 1. The Morgan fingerprint density at radius 3 is 2.62 bits per heavy atom. The molecule has 2 rings (SSSR count). The lowest BCUT2D eigenvalue weighted by Crippen LogP contribution is -2.48. The fraction of sp³-hybridized carbons (Fsp3) is 0.556. The van der Waals surface area contributed by atoms with Gasteiger partial charge in [0.2, 0.25) is 0 Å². The van der Waals surface area contributed by atoms with Crippen LogP contribution < -0.4 is 10.6 Å². The van der Waals surface area contributed by atoms with E-state index in [9.17, 15) is 14.7 Å². The molecule has 0 aliphatic heterocycles. The average molecular weight is 334 g/mol. The third-order valence-electron chi connectivity index (χ3n) is 4.58. The quantitative estimate of drug-likeness (QED) is 0.584. The predicted octanol–water partition coefficient (Wildman–Crippen LogP) is 1.92. The normalized spacial score (nSPS) is 21.2. The van der Waals surface area contributed by atoms with Gasteiger partial charge in [0.15, 0.2) is 0 Å². The zero-order valence-corrected chi connectivity index (χ0v) is 13.8. The predicted molar refractivity (Wildman–Crippen MR) is 90.7 cm³/mol. The topological polar surface area (TPSA) is 98.7 Å². The summed E-state index contributed by atoms with van der Waals surface area (Å²) in [5.74, 6) is -0.756. The summed E-state index contributed by atoms with van der Waals surface area (Å²) in [6.07, 6.45) is 3.79. The van der Waals surface area contributed by atoms with Gasteiger partial charge in [-0.15, -0.1) is 0 Å². The van der Waals surface area contributed by atoms with E-state index in [-0.39, 0.29) is 37.1 Å². The summed E-state index contributed by atoms with van der Waals surface area (Å²) in [4.78, 5) is 23.1. The van der Waals surface area contributed by atoms with Crippen LogP contribution in [0.5, 0.6) is 0 Å². The minimum Gasteiger partial charge on any atom is -0.481 e. The summed E-state index contributed by atoms with van der Waals surface area (Å²) < 4.78 is 0. The number of aliphatic hydroxyl groups excluding tert-OH is 1. The van der Waals surface area contributed by atoms with Gasteiger partial charge in [-0.1, -0.05) is 36.8 Å². The van der Waals surface area contributed by atoms with Crippen molar-refractivity contribution in [2.45, 2.75) is 50.6 Å². The van der Waals surface area contributed by atoms with Gasteiger partial charge >= 0.3 is 12.0 Å². The number of carbonyl (C=O) groups excluding carboxylic acids is 1. The smallest absolute Gasteiger partial charge is 0.315 e. The van der Waals surface area contributed by atoms with E-state index in [1.54, 1.807) is 0 Å². The largest absolute Gasteiger partial charge is 0.481 e. The molecular formula is C18H26N2O4. The number of hydrogen-bond acceptors (Lipinski definition) is 3. The van der Waals surface area contributed by atoms with E-state index >= 15 is 0 Å².